The van der Waals surface area contributed by atoms with Crippen molar-refractivity contribution in [2.75, 3.05) is 0 Å². The lowest BCUT2D eigenvalue weighted by atomic mass is 9.87. The van der Waals surface area contributed by atoms with Crippen LogP contribution in [0.4, 0.5) is 17.6 Å². The van der Waals surface area contributed by atoms with Gasteiger partial charge in [-0.3, -0.25) is 15.0 Å². The van der Waals surface area contributed by atoms with Gasteiger partial charge in [-0.05, 0) is 18.9 Å². The van der Waals surface area contributed by atoms with E-state index in [1.807, 2.05) is 0 Å². The third-order valence-electron chi connectivity index (χ3n) is 4.77. The van der Waals surface area contributed by atoms with Gasteiger partial charge < -0.3 is 0 Å². The fourth-order valence-electron chi connectivity index (χ4n) is 3.56. The van der Waals surface area contributed by atoms with Gasteiger partial charge in [0, 0.05) is 0 Å². The molecule has 130 valence electrons. The van der Waals surface area contributed by atoms with Crippen molar-refractivity contribution in [3.05, 3.63) is 34.9 Å². The van der Waals surface area contributed by atoms with Gasteiger partial charge in [-0.1, -0.05) is 25.7 Å². The largest absolute Gasteiger partial charge is 0.276 e. The minimum Gasteiger partial charge on any atom is -0.273 e. The van der Waals surface area contributed by atoms with Crippen LogP contribution in [0.2, 0.25) is 0 Å². The van der Waals surface area contributed by atoms with Crippen molar-refractivity contribution in [2.45, 2.75) is 50.5 Å². The van der Waals surface area contributed by atoms with Crippen LogP contribution in [0.3, 0.4) is 0 Å². The van der Waals surface area contributed by atoms with E-state index in [4.69, 9.17) is 0 Å². The Morgan fingerprint density at radius 2 is 1.62 bits per heavy atom. The summed E-state index contributed by atoms with van der Waals surface area (Å²) < 4.78 is 53.9. The number of hydrogen-bond acceptors (Lipinski definition) is 2. The van der Waals surface area contributed by atoms with Gasteiger partial charge in [-0.15, -0.1) is 0 Å². The zero-order valence-corrected chi connectivity index (χ0v) is 12.8. The van der Waals surface area contributed by atoms with E-state index in [9.17, 15) is 27.2 Å². The number of nitrogens with one attached hydrogen (secondary N) is 1. The van der Waals surface area contributed by atoms with E-state index in [1.54, 1.807) is 0 Å². The molecule has 1 spiro atoms. The second-order valence-electron chi connectivity index (χ2n) is 6.34. The summed E-state index contributed by atoms with van der Waals surface area (Å²) in [6, 6.07) is 0.324. The number of carbonyl (C=O) groups is 2. The highest BCUT2D eigenvalue weighted by molar-refractivity contribution is 5.98. The van der Waals surface area contributed by atoms with Crippen molar-refractivity contribution in [3.8, 4) is 0 Å². The minimum atomic E-state index is -2.04. The predicted molar refractivity (Wildman–Crippen MR) is 75.6 cm³/mol. The van der Waals surface area contributed by atoms with Crippen molar-refractivity contribution in [1.29, 1.82) is 0 Å². The quantitative estimate of drug-likeness (QED) is 0.483. The zero-order valence-electron chi connectivity index (χ0n) is 12.8. The highest BCUT2D eigenvalue weighted by Gasteiger charge is 2.48. The zero-order chi connectivity index (χ0) is 17.5. The summed E-state index contributed by atoms with van der Waals surface area (Å²) in [5.41, 5.74) is 0.593. The van der Waals surface area contributed by atoms with Crippen LogP contribution in [0.5, 0.6) is 0 Å². The Labute approximate surface area is 135 Å². The molecule has 0 unspecified atom stereocenters. The first kappa shape index (κ1) is 16.7. The van der Waals surface area contributed by atoms with E-state index >= 15 is 0 Å². The van der Waals surface area contributed by atoms with Crippen LogP contribution < -0.4 is 5.43 Å². The fourth-order valence-corrected chi connectivity index (χ4v) is 3.56. The molecule has 1 saturated carbocycles. The third-order valence-corrected chi connectivity index (χ3v) is 4.77. The van der Waals surface area contributed by atoms with Gasteiger partial charge in [0.2, 0.25) is 5.91 Å². The second-order valence-corrected chi connectivity index (χ2v) is 6.34. The van der Waals surface area contributed by atoms with E-state index in [0.717, 1.165) is 30.7 Å². The first-order valence-corrected chi connectivity index (χ1v) is 7.83. The SMILES string of the molecule is O=C1CC2(CCCCCC2)N(C(=O)c2cc(F)c(F)c(F)c2F)N1. The van der Waals surface area contributed by atoms with Crippen molar-refractivity contribution in [2.24, 2.45) is 0 Å². The van der Waals surface area contributed by atoms with Gasteiger partial charge in [0.05, 0.1) is 17.5 Å². The average Bonchev–Trinajstić information content (AvgIpc) is 2.71. The van der Waals surface area contributed by atoms with E-state index in [-0.39, 0.29) is 6.42 Å². The molecule has 1 aromatic carbocycles. The third kappa shape index (κ3) is 2.63. The Balaban J connectivity index is 2.01. The molecule has 1 aliphatic carbocycles. The molecule has 2 aliphatic rings. The predicted octanol–water partition coefficient (Wildman–Crippen LogP) is 3.21. The van der Waals surface area contributed by atoms with Gasteiger partial charge in [0.25, 0.3) is 5.91 Å². The molecule has 1 aliphatic heterocycles. The fraction of sp³-hybridized carbons (Fsp3) is 0.500. The smallest absolute Gasteiger partial charge is 0.273 e. The minimum absolute atomic E-state index is 0.0620. The molecule has 1 heterocycles. The first-order chi connectivity index (χ1) is 11.4. The summed E-state index contributed by atoms with van der Waals surface area (Å²) in [6.07, 6.45) is 4.60. The van der Waals surface area contributed by atoms with Crippen molar-refractivity contribution in [1.82, 2.24) is 10.4 Å². The molecule has 0 aromatic heterocycles. The molecule has 2 amide bonds. The van der Waals surface area contributed by atoms with Gasteiger partial charge in [-0.2, -0.15) is 0 Å². The lowest BCUT2D eigenvalue weighted by Crippen LogP contribution is -2.52. The van der Waals surface area contributed by atoms with Gasteiger partial charge in [0.1, 0.15) is 0 Å². The number of hydrogen-bond donors (Lipinski definition) is 1. The second kappa shape index (κ2) is 6.07. The van der Waals surface area contributed by atoms with Gasteiger partial charge in [-0.25, -0.2) is 22.6 Å². The van der Waals surface area contributed by atoms with Crippen molar-refractivity contribution in [3.63, 3.8) is 0 Å². The van der Waals surface area contributed by atoms with Crippen LogP contribution in [0, 0.1) is 23.3 Å². The maximum Gasteiger partial charge on any atom is 0.276 e. The number of halogens is 4. The lowest BCUT2D eigenvalue weighted by Gasteiger charge is -2.36. The molecule has 2 fully saturated rings. The number of hydrazine groups is 1. The summed E-state index contributed by atoms with van der Waals surface area (Å²) in [5, 5.41) is 0.982. The van der Waals surface area contributed by atoms with E-state index in [2.05, 4.69) is 5.43 Å². The Morgan fingerprint density at radius 1 is 1.00 bits per heavy atom. The molecule has 3 rings (SSSR count). The van der Waals surface area contributed by atoms with E-state index in [0.29, 0.717) is 18.9 Å². The first-order valence-electron chi connectivity index (χ1n) is 7.83. The normalized spacial score (nSPS) is 20.2. The van der Waals surface area contributed by atoms with E-state index < -0.39 is 46.2 Å². The van der Waals surface area contributed by atoms with Crippen LogP contribution in [-0.4, -0.2) is 22.4 Å². The lowest BCUT2D eigenvalue weighted by molar-refractivity contribution is -0.120. The maximum atomic E-state index is 13.9. The van der Waals surface area contributed by atoms with Gasteiger partial charge in [0.15, 0.2) is 23.3 Å². The maximum absolute atomic E-state index is 13.9. The highest BCUT2D eigenvalue weighted by atomic mass is 19.2. The van der Waals surface area contributed by atoms with Crippen LogP contribution in [0.15, 0.2) is 6.07 Å². The summed E-state index contributed by atoms with van der Waals surface area (Å²) in [4.78, 5) is 24.5. The molecule has 24 heavy (non-hydrogen) atoms. The van der Waals surface area contributed by atoms with Crippen LogP contribution in [-0.2, 0) is 4.79 Å². The summed E-state index contributed by atoms with van der Waals surface area (Å²) >= 11 is 0. The molecule has 1 aromatic rings. The Hall–Kier alpha value is -2.12. The topological polar surface area (TPSA) is 49.4 Å². The average molecular weight is 344 g/mol. The monoisotopic (exact) mass is 344 g/mol. The number of benzene rings is 1. The molecule has 4 nitrogen and oxygen atoms in total. The van der Waals surface area contributed by atoms with Gasteiger partial charge >= 0.3 is 0 Å². The highest BCUT2D eigenvalue weighted by Crippen LogP contribution is 2.38. The number of rotatable bonds is 1. The standard InChI is InChI=1S/C16H16F4N2O2/c17-10-7-9(12(18)14(20)13(10)19)15(24)22-16(8-11(23)21-22)5-3-1-2-4-6-16/h7H,1-6,8H2,(H,21,23). The molecule has 1 saturated heterocycles. The summed E-state index contributed by atoms with van der Waals surface area (Å²) in [6.45, 7) is 0. The van der Waals surface area contributed by atoms with Crippen molar-refractivity contribution >= 4 is 11.8 Å². The van der Waals surface area contributed by atoms with Crippen LogP contribution in [0.1, 0.15) is 55.3 Å². The number of nitrogens with zero attached hydrogens (tertiary/aromatic N) is 1. The molecule has 0 radical (unpaired) electrons. The molecular weight excluding hydrogens is 328 g/mol. The molecule has 0 atom stereocenters. The summed E-state index contributed by atoms with van der Waals surface area (Å²) in [7, 11) is 0. The molecular formula is C16H16F4N2O2. The Morgan fingerprint density at radius 3 is 2.25 bits per heavy atom. The Bertz CT molecular complexity index is 700. The summed E-state index contributed by atoms with van der Waals surface area (Å²) in [5.74, 6) is -8.91. The molecule has 0 bridgehead atoms. The van der Waals surface area contributed by atoms with Crippen LogP contribution in [0.25, 0.3) is 0 Å². The number of carbonyl (C=O) groups excluding carboxylic acids is 2. The van der Waals surface area contributed by atoms with E-state index in [1.165, 1.54) is 0 Å². The number of amides is 2. The van der Waals surface area contributed by atoms with Crippen LogP contribution >= 0.6 is 0 Å². The Kier molecular flexibility index (Phi) is 4.23. The molecule has 1 N–H and O–H groups in total. The van der Waals surface area contributed by atoms with Crippen molar-refractivity contribution < 1.29 is 27.2 Å². The molecule has 8 heteroatoms.